The quantitative estimate of drug-likeness (QED) is 0.511. The Labute approximate surface area is 178 Å². The third-order valence-electron chi connectivity index (χ3n) is 6.21. The topological polar surface area (TPSA) is 58.6 Å². The van der Waals surface area contributed by atoms with E-state index in [4.69, 9.17) is 4.74 Å². The van der Waals surface area contributed by atoms with Crippen LogP contribution in [-0.4, -0.2) is 18.8 Å². The van der Waals surface area contributed by atoms with Gasteiger partial charge in [-0.2, -0.15) is 0 Å². The van der Waals surface area contributed by atoms with Gasteiger partial charge in [-0.05, 0) is 41.8 Å². The fraction of sp³-hybridized carbons (Fsp3) is 0.0769. The predicted molar refractivity (Wildman–Crippen MR) is 120 cm³/mol. The van der Waals surface area contributed by atoms with Crippen LogP contribution in [0.4, 0.5) is 11.4 Å². The van der Waals surface area contributed by atoms with Crippen LogP contribution in [0.3, 0.4) is 0 Å². The molecule has 5 heteroatoms. The van der Waals surface area contributed by atoms with Crippen LogP contribution in [0, 0.1) is 0 Å². The first-order valence-corrected chi connectivity index (χ1v) is 10.1. The van der Waals surface area contributed by atoms with E-state index in [1.165, 1.54) is 0 Å². The lowest BCUT2D eigenvalue weighted by atomic mass is 9.91. The number of para-hydroxylation sites is 1. The molecule has 1 unspecified atom stereocenters. The second kappa shape index (κ2) is 6.19. The Morgan fingerprint density at radius 1 is 0.806 bits per heavy atom. The Kier molecular flexibility index (Phi) is 3.54. The van der Waals surface area contributed by atoms with Gasteiger partial charge >= 0.3 is 0 Å². The first kappa shape index (κ1) is 17.7. The van der Waals surface area contributed by atoms with Crippen LogP contribution in [0.25, 0.3) is 10.8 Å². The molecule has 0 fully saturated rings. The van der Waals surface area contributed by atoms with Gasteiger partial charge in [0.25, 0.3) is 5.91 Å². The largest absolute Gasteiger partial charge is 0.497 e. The summed E-state index contributed by atoms with van der Waals surface area (Å²) in [7, 11) is 1.60. The number of fused-ring (bicyclic) bond motifs is 2. The van der Waals surface area contributed by atoms with Crippen molar-refractivity contribution < 1.29 is 14.3 Å². The van der Waals surface area contributed by atoms with Crippen LogP contribution in [0.5, 0.6) is 5.75 Å². The van der Waals surface area contributed by atoms with Gasteiger partial charge in [-0.25, -0.2) is 0 Å². The number of nitrogens with one attached hydrogen (secondary N) is 1. The van der Waals surface area contributed by atoms with E-state index in [0.29, 0.717) is 28.3 Å². The monoisotopic (exact) mass is 406 g/mol. The SMILES string of the molecule is COc1ccc(N2C(=O)c3ccccc3NC23C(=O)c2cccc4cccc3c24)cc1. The van der Waals surface area contributed by atoms with Crippen molar-refractivity contribution in [3.63, 3.8) is 0 Å². The van der Waals surface area contributed by atoms with Gasteiger partial charge in [-0.3, -0.25) is 14.5 Å². The number of carbonyl (C=O) groups excluding carboxylic acids is 2. The van der Waals surface area contributed by atoms with Crippen LogP contribution >= 0.6 is 0 Å². The van der Waals surface area contributed by atoms with E-state index in [1.807, 2.05) is 66.7 Å². The fourth-order valence-electron chi connectivity index (χ4n) is 4.84. The maximum absolute atomic E-state index is 14.0. The molecule has 1 heterocycles. The van der Waals surface area contributed by atoms with Crippen LogP contribution < -0.4 is 15.0 Å². The molecule has 1 aliphatic heterocycles. The van der Waals surface area contributed by atoms with Crippen molar-refractivity contribution in [2.24, 2.45) is 0 Å². The number of nitrogens with zero attached hydrogens (tertiary/aromatic N) is 1. The number of hydrogen-bond donors (Lipinski definition) is 1. The summed E-state index contributed by atoms with van der Waals surface area (Å²) in [5.41, 5.74) is 1.83. The number of rotatable bonds is 2. The molecule has 6 rings (SSSR count). The summed E-state index contributed by atoms with van der Waals surface area (Å²) < 4.78 is 5.29. The van der Waals surface area contributed by atoms with Gasteiger partial charge in [0.05, 0.1) is 12.7 Å². The average Bonchev–Trinajstić information content (AvgIpc) is 3.05. The highest BCUT2D eigenvalue weighted by Gasteiger charge is 2.57. The Morgan fingerprint density at radius 3 is 2.29 bits per heavy atom. The van der Waals surface area contributed by atoms with Gasteiger partial charge in [-0.1, -0.05) is 48.5 Å². The second-order valence-electron chi connectivity index (χ2n) is 7.76. The summed E-state index contributed by atoms with van der Waals surface area (Å²) in [6.07, 6.45) is 0. The van der Waals surface area contributed by atoms with Crippen molar-refractivity contribution in [2.75, 3.05) is 17.3 Å². The van der Waals surface area contributed by atoms with E-state index in [2.05, 4.69) is 5.32 Å². The second-order valence-corrected chi connectivity index (χ2v) is 7.76. The normalized spacial score (nSPS) is 18.9. The highest BCUT2D eigenvalue weighted by atomic mass is 16.5. The van der Waals surface area contributed by atoms with E-state index in [0.717, 1.165) is 16.3 Å². The van der Waals surface area contributed by atoms with Crippen LogP contribution in [-0.2, 0) is 5.66 Å². The van der Waals surface area contributed by atoms with Crippen molar-refractivity contribution in [3.05, 3.63) is 102 Å². The lowest BCUT2D eigenvalue weighted by molar-refractivity contribution is 0.0840. The molecule has 0 radical (unpaired) electrons. The number of anilines is 2. The number of methoxy groups -OCH3 is 1. The molecule has 150 valence electrons. The molecule has 5 nitrogen and oxygen atoms in total. The molecule has 4 aromatic rings. The van der Waals surface area contributed by atoms with Gasteiger partial charge in [-0.15, -0.1) is 0 Å². The summed E-state index contributed by atoms with van der Waals surface area (Å²) in [4.78, 5) is 29.5. The Balaban J connectivity index is 1.68. The van der Waals surface area contributed by atoms with E-state index < -0.39 is 5.66 Å². The highest BCUT2D eigenvalue weighted by molar-refractivity contribution is 6.28. The van der Waals surface area contributed by atoms with Gasteiger partial charge in [0.2, 0.25) is 11.4 Å². The maximum atomic E-state index is 14.0. The molecular formula is C26H18N2O3. The predicted octanol–water partition coefficient (Wildman–Crippen LogP) is 4.97. The van der Waals surface area contributed by atoms with Gasteiger partial charge < -0.3 is 10.1 Å². The zero-order chi connectivity index (χ0) is 21.2. The van der Waals surface area contributed by atoms with Gasteiger partial charge in [0, 0.05) is 27.9 Å². The van der Waals surface area contributed by atoms with Crippen LogP contribution in [0.15, 0.2) is 84.9 Å². The molecule has 0 bridgehead atoms. The van der Waals surface area contributed by atoms with Crippen molar-refractivity contribution in [1.82, 2.24) is 0 Å². The van der Waals surface area contributed by atoms with Gasteiger partial charge in [0.15, 0.2) is 0 Å². The van der Waals surface area contributed by atoms with Crippen molar-refractivity contribution in [1.29, 1.82) is 0 Å². The lowest BCUT2D eigenvalue weighted by Gasteiger charge is -2.45. The lowest BCUT2D eigenvalue weighted by Crippen LogP contribution is -2.61. The summed E-state index contributed by atoms with van der Waals surface area (Å²) >= 11 is 0. The number of benzene rings is 4. The number of hydrogen-bond acceptors (Lipinski definition) is 4. The zero-order valence-corrected chi connectivity index (χ0v) is 16.8. The number of Topliss-reactive ketones (excluding diaryl/α,β-unsaturated/α-hetero) is 1. The molecule has 0 saturated heterocycles. The number of ketones is 1. The van der Waals surface area contributed by atoms with E-state index in [-0.39, 0.29) is 11.7 Å². The molecule has 31 heavy (non-hydrogen) atoms. The molecule has 0 aromatic heterocycles. The molecular weight excluding hydrogens is 388 g/mol. The summed E-state index contributed by atoms with van der Waals surface area (Å²) in [5, 5.41) is 5.32. The molecule has 1 N–H and O–H groups in total. The third kappa shape index (κ3) is 2.20. The smallest absolute Gasteiger partial charge is 0.262 e. The van der Waals surface area contributed by atoms with Gasteiger partial charge in [0.1, 0.15) is 5.75 Å². The van der Waals surface area contributed by atoms with Crippen molar-refractivity contribution >= 4 is 33.8 Å². The molecule has 1 amide bonds. The molecule has 2 aliphatic rings. The molecule has 1 atom stereocenters. The third-order valence-corrected chi connectivity index (χ3v) is 6.21. The standard InChI is InChI=1S/C26H18N2O3/c1-31-18-14-12-17(13-15-18)28-25(30)19-8-2-3-11-22(19)27-26(28)21-10-5-7-16-6-4-9-20(23(16)21)24(26)29/h2-15,27H,1H3. The molecule has 0 saturated carbocycles. The Morgan fingerprint density at radius 2 is 1.52 bits per heavy atom. The summed E-state index contributed by atoms with van der Waals surface area (Å²) in [6, 6.07) is 26.1. The molecule has 1 aliphatic carbocycles. The number of amides is 1. The maximum Gasteiger partial charge on any atom is 0.262 e. The van der Waals surface area contributed by atoms with Crippen LogP contribution in [0.1, 0.15) is 26.3 Å². The minimum absolute atomic E-state index is 0.141. The van der Waals surface area contributed by atoms with Crippen molar-refractivity contribution in [3.8, 4) is 5.75 Å². The fourth-order valence-corrected chi connectivity index (χ4v) is 4.84. The molecule has 4 aromatic carbocycles. The number of ether oxygens (including phenoxy) is 1. The van der Waals surface area contributed by atoms with E-state index in [1.54, 1.807) is 30.2 Å². The highest BCUT2D eigenvalue weighted by Crippen LogP contribution is 2.49. The minimum atomic E-state index is -1.36. The first-order valence-electron chi connectivity index (χ1n) is 10.1. The summed E-state index contributed by atoms with van der Waals surface area (Å²) in [6.45, 7) is 0. The van der Waals surface area contributed by atoms with E-state index in [9.17, 15) is 9.59 Å². The zero-order valence-electron chi connectivity index (χ0n) is 16.8. The van der Waals surface area contributed by atoms with E-state index >= 15 is 0 Å². The summed E-state index contributed by atoms with van der Waals surface area (Å²) in [5.74, 6) is 0.314. The Hall–Kier alpha value is -4.12. The van der Waals surface area contributed by atoms with Crippen LogP contribution in [0.2, 0.25) is 0 Å². The average molecular weight is 406 g/mol. The molecule has 1 spiro atoms. The minimum Gasteiger partial charge on any atom is -0.497 e. The first-order chi connectivity index (χ1) is 15.1. The van der Waals surface area contributed by atoms with Crippen molar-refractivity contribution in [2.45, 2.75) is 5.66 Å². The number of carbonyl (C=O) groups is 2. The Bertz CT molecular complexity index is 1390.